The Labute approximate surface area is 215 Å². The van der Waals surface area contributed by atoms with E-state index in [2.05, 4.69) is 34.2 Å². The van der Waals surface area contributed by atoms with Gasteiger partial charge in [0.05, 0.1) is 21.0 Å². The highest BCUT2D eigenvalue weighted by atomic mass is 35.5. The number of aromatic amines is 1. The van der Waals surface area contributed by atoms with Crippen LogP contribution in [-0.4, -0.2) is 35.7 Å². The van der Waals surface area contributed by atoms with Gasteiger partial charge in [-0.05, 0) is 84.5 Å². The van der Waals surface area contributed by atoms with Gasteiger partial charge in [0, 0.05) is 18.2 Å². The SMILES string of the molecule is CS(=O)(=O)c1ccc2nc(-c3ccc(-c4ccc(C5CCC(CC(=O)O)CC5)cc4)cc3Cl)[nH]c2c1. The van der Waals surface area contributed by atoms with Gasteiger partial charge in [0.1, 0.15) is 5.82 Å². The summed E-state index contributed by atoms with van der Waals surface area (Å²) in [7, 11) is -3.31. The highest BCUT2D eigenvalue weighted by molar-refractivity contribution is 7.90. The van der Waals surface area contributed by atoms with Crippen molar-refractivity contribution in [2.75, 3.05) is 6.26 Å². The van der Waals surface area contributed by atoms with Crippen LogP contribution in [0.5, 0.6) is 0 Å². The Bertz CT molecular complexity index is 1540. The molecule has 186 valence electrons. The zero-order valence-corrected chi connectivity index (χ0v) is 21.4. The number of aliphatic carboxylic acids is 1. The molecule has 36 heavy (non-hydrogen) atoms. The molecule has 1 saturated carbocycles. The molecule has 4 aromatic rings. The number of carbonyl (C=O) groups is 1. The summed E-state index contributed by atoms with van der Waals surface area (Å²) in [5, 5.41) is 9.58. The van der Waals surface area contributed by atoms with Crippen LogP contribution in [0, 0.1) is 5.92 Å². The summed E-state index contributed by atoms with van der Waals surface area (Å²) >= 11 is 6.65. The van der Waals surface area contributed by atoms with Crippen molar-refractivity contribution in [1.29, 1.82) is 0 Å². The van der Waals surface area contributed by atoms with Crippen molar-refractivity contribution in [3.63, 3.8) is 0 Å². The largest absolute Gasteiger partial charge is 0.481 e. The van der Waals surface area contributed by atoms with Gasteiger partial charge in [0.25, 0.3) is 0 Å². The van der Waals surface area contributed by atoms with Crippen LogP contribution in [0.4, 0.5) is 0 Å². The number of hydrogen-bond donors (Lipinski definition) is 2. The molecule has 0 amide bonds. The molecule has 3 aromatic carbocycles. The second-order valence-electron chi connectivity index (χ2n) is 9.67. The molecule has 1 aromatic heterocycles. The number of H-pyrrole nitrogens is 1. The Kier molecular flexibility index (Phi) is 6.62. The Morgan fingerprint density at radius 3 is 2.33 bits per heavy atom. The first-order valence-corrected chi connectivity index (χ1v) is 14.3. The second kappa shape index (κ2) is 9.71. The maximum absolute atomic E-state index is 11.9. The molecule has 1 aliphatic carbocycles. The van der Waals surface area contributed by atoms with Crippen LogP contribution >= 0.6 is 11.6 Å². The first-order chi connectivity index (χ1) is 17.2. The molecular weight excluding hydrogens is 496 g/mol. The van der Waals surface area contributed by atoms with Gasteiger partial charge in [-0.3, -0.25) is 4.79 Å². The zero-order chi connectivity index (χ0) is 25.4. The first kappa shape index (κ1) is 24.5. The van der Waals surface area contributed by atoms with Crippen LogP contribution in [0.3, 0.4) is 0 Å². The van der Waals surface area contributed by atoms with Gasteiger partial charge >= 0.3 is 5.97 Å². The van der Waals surface area contributed by atoms with Crippen molar-refractivity contribution in [2.45, 2.75) is 42.9 Å². The van der Waals surface area contributed by atoms with E-state index in [-0.39, 0.29) is 11.3 Å². The molecule has 1 heterocycles. The van der Waals surface area contributed by atoms with E-state index in [0.717, 1.165) is 42.4 Å². The molecule has 0 atom stereocenters. The summed E-state index contributed by atoms with van der Waals surface area (Å²) in [5.74, 6) is 0.661. The predicted octanol–water partition coefficient (Wildman–Crippen LogP) is 6.70. The number of carboxylic acids is 1. The average Bonchev–Trinajstić information content (AvgIpc) is 3.27. The standard InChI is InChI=1S/C28H27ClN2O4S/c1-36(34,35)22-11-13-25-26(16-22)31-28(30-25)23-12-10-21(15-24(23)29)20-8-6-19(7-9-20)18-4-2-17(3-5-18)14-27(32)33/h6-13,15-18H,2-5,14H2,1H3,(H,30,31)(H,32,33). The Morgan fingerprint density at radius 1 is 1.00 bits per heavy atom. The smallest absolute Gasteiger partial charge is 0.303 e. The number of halogens is 1. The minimum absolute atomic E-state index is 0.239. The lowest BCUT2D eigenvalue weighted by molar-refractivity contribution is -0.138. The van der Waals surface area contributed by atoms with E-state index in [0.29, 0.717) is 33.7 Å². The van der Waals surface area contributed by atoms with Gasteiger partial charge in [0.2, 0.25) is 0 Å². The van der Waals surface area contributed by atoms with Gasteiger partial charge in [-0.2, -0.15) is 0 Å². The number of rotatable bonds is 6. The maximum Gasteiger partial charge on any atom is 0.303 e. The number of nitrogens with zero attached hydrogens (tertiary/aromatic N) is 1. The van der Waals surface area contributed by atoms with E-state index < -0.39 is 15.8 Å². The van der Waals surface area contributed by atoms with Crippen LogP contribution in [0.15, 0.2) is 65.6 Å². The molecule has 0 aliphatic heterocycles. The second-order valence-corrected chi connectivity index (χ2v) is 12.1. The van der Waals surface area contributed by atoms with Crippen LogP contribution in [0.2, 0.25) is 5.02 Å². The minimum Gasteiger partial charge on any atom is -0.481 e. The number of benzene rings is 3. The van der Waals surface area contributed by atoms with E-state index in [1.807, 2.05) is 18.2 Å². The molecule has 1 aliphatic rings. The summed E-state index contributed by atoms with van der Waals surface area (Å²) in [5.41, 5.74) is 5.41. The van der Waals surface area contributed by atoms with Gasteiger partial charge < -0.3 is 10.1 Å². The molecular formula is C28H27ClN2O4S. The predicted molar refractivity (Wildman–Crippen MR) is 142 cm³/mol. The van der Waals surface area contributed by atoms with Crippen LogP contribution in [0.1, 0.15) is 43.6 Å². The summed E-state index contributed by atoms with van der Waals surface area (Å²) in [6, 6.07) is 19.2. The molecule has 0 saturated heterocycles. The fourth-order valence-electron chi connectivity index (χ4n) is 5.13. The number of hydrogen-bond acceptors (Lipinski definition) is 4. The van der Waals surface area contributed by atoms with Crippen LogP contribution in [0.25, 0.3) is 33.5 Å². The summed E-state index contributed by atoms with van der Waals surface area (Å²) in [6.07, 6.45) is 5.45. The van der Waals surface area contributed by atoms with E-state index in [4.69, 9.17) is 16.7 Å². The van der Waals surface area contributed by atoms with E-state index in [1.165, 1.54) is 11.8 Å². The van der Waals surface area contributed by atoms with Gasteiger partial charge in [-0.1, -0.05) is 41.9 Å². The first-order valence-electron chi connectivity index (χ1n) is 12.0. The third-order valence-corrected chi connectivity index (χ3v) is 8.55. The highest BCUT2D eigenvalue weighted by Crippen LogP contribution is 2.38. The maximum atomic E-state index is 11.9. The average molecular weight is 523 g/mol. The highest BCUT2D eigenvalue weighted by Gasteiger charge is 2.24. The Morgan fingerprint density at radius 2 is 1.69 bits per heavy atom. The quantitative estimate of drug-likeness (QED) is 0.293. The minimum atomic E-state index is -3.31. The molecule has 6 nitrogen and oxygen atoms in total. The zero-order valence-electron chi connectivity index (χ0n) is 19.9. The Balaban J connectivity index is 1.33. The van der Waals surface area contributed by atoms with Gasteiger partial charge in [0.15, 0.2) is 9.84 Å². The third kappa shape index (κ3) is 5.18. The topological polar surface area (TPSA) is 100 Å². The number of nitrogens with one attached hydrogen (secondary N) is 1. The molecule has 0 spiro atoms. The van der Waals surface area contributed by atoms with Crippen molar-refractivity contribution >= 4 is 38.4 Å². The monoisotopic (exact) mass is 522 g/mol. The van der Waals surface area contributed by atoms with E-state index in [9.17, 15) is 13.2 Å². The summed E-state index contributed by atoms with van der Waals surface area (Å²) in [6.45, 7) is 0. The molecule has 0 bridgehead atoms. The normalized spacial score (nSPS) is 18.4. The number of carboxylic acid groups (broad SMARTS) is 1. The molecule has 1 fully saturated rings. The number of sulfone groups is 1. The van der Waals surface area contributed by atoms with Crippen molar-refractivity contribution < 1.29 is 18.3 Å². The molecule has 5 rings (SSSR count). The Hall–Kier alpha value is -3.16. The third-order valence-electron chi connectivity index (χ3n) is 7.13. The van der Waals surface area contributed by atoms with Gasteiger partial charge in [-0.15, -0.1) is 0 Å². The number of fused-ring (bicyclic) bond motifs is 1. The lowest BCUT2D eigenvalue weighted by Crippen LogP contribution is -2.16. The lowest BCUT2D eigenvalue weighted by atomic mass is 9.77. The lowest BCUT2D eigenvalue weighted by Gasteiger charge is -2.28. The molecule has 0 unspecified atom stereocenters. The van der Waals surface area contributed by atoms with E-state index >= 15 is 0 Å². The fourth-order valence-corrected chi connectivity index (χ4v) is 6.05. The molecule has 2 N–H and O–H groups in total. The fraction of sp³-hybridized carbons (Fsp3) is 0.286. The summed E-state index contributed by atoms with van der Waals surface area (Å²) < 4.78 is 23.7. The van der Waals surface area contributed by atoms with Crippen molar-refractivity contribution in [2.24, 2.45) is 5.92 Å². The van der Waals surface area contributed by atoms with Crippen LogP contribution < -0.4 is 0 Å². The van der Waals surface area contributed by atoms with Crippen LogP contribution in [-0.2, 0) is 14.6 Å². The number of aromatic nitrogens is 2. The summed E-state index contributed by atoms with van der Waals surface area (Å²) in [4.78, 5) is 19.0. The molecule has 0 radical (unpaired) electrons. The van der Waals surface area contributed by atoms with Crippen molar-refractivity contribution in [3.8, 4) is 22.5 Å². The van der Waals surface area contributed by atoms with Crippen molar-refractivity contribution in [1.82, 2.24) is 9.97 Å². The van der Waals surface area contributed by atoms with Gasteiger partial charge in [-0.25, -0.2) is 13.4 Å². The molecule has 8 heteroatoms. The number of imidazole rings is 1. The van der Waals surface area contributed by atoms with E-state index in [1.54, 1.807) is 18.2 Å². The van der Waals surface area contributed by atoms with Crippen molar-refractivity contribution in [3.05, 3.63) is 71.2 Å².